The van der Waals surface area contributed by atoms with Gasteiger partial charge >= 0.3 is 0 Å². The van der Waals surface area contributed by atoms with Gasteiger partial charge in [-0.2, -0.15) is 0 Å². The highest BCUT2D eigenvalue weighted by atomic mass is 35.5. The van der Waals surface area contributed by atoms with Crippen LogP contribution in [0.3, 0.4) is 0 Å². The number of hydrogen-bond donors (Lipinski definition) is 1. The zero-order valence-corrected chi connectivity index (χ0v) is 12.7. The molecule has 1 N–H and O–H groups in total. The number of rotatable bonds is 7. The van der Waals surface area contributed by atoms with Gasteiger partial charge in [-0.1, -0.05) is 11.6 Å². The van der Waals surface area contributed by atoms with Gasteiger partial charge in [-0.15, -0.1) is 0 Å². The molecule has 2 aromatic rings. The van der Waals surface area contributed by atoms with Crippen molar-refractivity contribution < 1.29 is 13.9 Å². The van der Waals surface area contributed by atoms with E-state index in [9.17, 15) is 0 Å². The van der Waals surface area contributed by atoms with Crippen molar-refractivity contribution in [1.29, 1.82) is 0 Å². The van der Waals surface area contributed by atoms with Gasteiger partial charge in [0.1, 0.15) is 17.4 Å². The first-order valence-corrected chi connectivity index (χ1v) is 7.16. The molecule has 0 bridgehead atoms. The number of halogens is 1. The van der Waals surface area contributed by atoms with E-state index in [2.05, 4.69) is 5.32 Å². The van der Waals surface area contributed by atoms with Gasteiger partial charge in [-0.25, -0.2) is 0 Å². The lowest BCUT2D eigenvalue weighted by Gasteiger charge is -2.24. The van der Waals surface area contributed by atoms with Gasteiger partial charge < -0.3 is 19.2 Å². The van der Waals surface area contributed by atoms with Crippen molar-refractivity contribution in [3.05, 3.63) is 35.0 Å². The summed E-state index contributed by atoms with van der Waals surface area (Å²) in [5.74, 6) is 0.775. The second kappa shape index (κ2) is 7.09. The summed E-state index contributed by atoms with van der Waals surface area (Å²) < 4.78 is 17.1. The highest BCUT2D eigenvalue weighted by molar-refractivity contribution is 6.31. The van der Waals surface area contributed by atoms with E-state index in [4.69, 9.17) is 25.5 Å². The average Bonchev–Trinajstić information content (AvgIpc) is 2.82. The van der Waals surface area contributed by atoms with Crippen LogP contribution < -0.4 is 5.32 Å². The lowest BCUT2D eigenvalue weighted by atomic mass is 10.2. The first-order chi connectivity index (χ1) is 9.69. The Morgan fingerprint density at radius 1 is 1.20 bits per heavy atom. The largest absolute Gasteiger partial charge is 0.459 e. The molecule has 0 spiro atoms. The molecule has 1 atom stereocenters. The van der Waals surface area contributed by atoms with Gasteiger partial charge in [0.05, 0.1) is 0 Å². The molecule has 0 saturated carbocycles. The number of furan rings is 1. The summed E-state index contributed by atoms with van der Waals surface area (Å²) in [6.07, 6.45) is -0.383. The molecular weight excluding hydrogens is 278 g/mol. The van der Waals surface area contributed by atoms with Crippen LogP contribution in [-0.4, -0.2) is 26.6 Å². The highest BCUT2D eigenvalue weighted by Crippen LogP contribution is 2.29. The Bertz CT molecular complexity index is 549. The molecule has 0 saturated heterocycles. The molecule has 2 rings (SSSR count). The lowest BCUT2D eigenvalue weighted by molar-refractivity contribution is -0.156. The summed E-state index contributed by atoms with van der Waals surface area (Å²) in [5, 5.41) is 4.85. The maximum atomic E-state index is 6.00. The fourth-order valence-electron chi connectivity index (χ4n) is 2.17. The highest BCUT2D eigenvalue weighted by Gasteiger charge is 2.26. The molecule has 0 radical (unpaired) electrons. The molecule has 1 heterocycles. The smallest absolute Gasteiger partial charge is 0.179 e. The van der Waals surface area contributed by atoms with E-state index in [0.29, 0.717) is 18.2 Å². The number of benzene rings is 1. The SMILES string of the molecule is CCOC(OCC)C(NC)c1cc2cc(Cl)ccc2o1. The number of hydrogen-bond acceptors (Lipinski definition) is 4. The van der Waals surface area contributed by atoms with Crippen molar-refractivity contribution in [2.24, 2.45) is 0 Å². The molecule has 1 unspecified atom stereocenters. The Labute approximate surface area is 124 Å². The first-order valence-electron chi connectivity index (χ1n) is 6.79. The fraction of sp³-hybridized carbons (Fsp3) is 0.467. The molecule has 1 aromatic heterocycles. The second-order valence-electron chi connectivity index (χ2n) is 4.38. The summed E-state index contributed by atoms with van der Waals surface area (Å²) in [6.45, 7) is 5.04. The minimum Gasteiger partial charge on any atom is -0.459 e. The molecule has 5 heteroatoms. The van der Waals surface area contributed by atoms with Crippen molar-refractivity contribution >= 4 is 22.6 Å². The molecule has 110 valence electrons. The van der Waals surface area contributed by atoms with Crippen LogP contribution in [0.25, 0.3) is 11.0 Å². The van der Waals surface area contributed by atoms with Crippen LogP contribution in [0, 0.1) is 0 Å². The van der Waals surface area contributed by atoms with E-state index < -0.39 is 0 Å². The van der Waals surface area contributed by atoms with E-state index in [1.165, 1.54) is 0 Å². The number of fused-ring (bicyclic) bond motifs is 1. The Kier molecular flexibility index (Phi) is 5.43. The summed E-state index contributed by atoms with van der Waals surface area (Å²) in [6, 6.07) is 7.36. The molecule has 1 aromatic carbocycles. The normalized spacial score (nSPS) is 13.2. The van der Waals surface area contributed by atoms with Crippen LogP contribution in [0.2, 0.25) is 5.02 Å². The van der Waals surface area contributed by atoms with E-state index in [1.807, 2.05) is 45.2 Å². The second-order valence-corrected chi connectivity index (χ2v) is 4.81. The van der Waals surface area contributed by atoms with E-state index in [0.717, 1.165) is 16.7 Å². The van der Waals surface area contributed by atoms with Crippen molar-refractivity contribution in [2.45, 2.75) is 26.2 Å². The lowest BCUT2D eigenvalue weighted by Crippen LogP contribution is -2.33. The monoisotopic (exact) mass is 297 g/mol. The van der Waals surface area contributed by atoms with Crippen LogP contribution in [0.5, 0.6) is 0 Å². The van der Waals surface area contributed by atoms with Gasteiger partial charge in [0.2, 0.25) is 0 Å². The summed E-state index contributed by atoms with van der Waals surface area (Å²) in [7, 11) is 1.86. The Balaban J connectivity index is 2.31. The average molecular weight is 298 g/mol. The molecule has 0 aliphatic heterocycles. The summed E-state index contributed by atoms with van der Waals surface area (Å²) >= 11 is 6.00. The quantitative estimate of drug-likeness (QED) is 0.791. The summed E-state index contributed by atoms with van der Waals surface area (Å²) in [5.41, 5.74) is 0.802. The topological polar surface area (TPSA) is 43.6 Å². The van der Waals surface area contributed by atoms with Crippen molar-refractivity contribution in [3.8, 4) is 0 Å². The number of likely N-dealkylation sites (N-methyl/N-ethyl adjacent to an activating group) is 1. The maximum Gasteiger partial charge on any atom is 0.179 e. The van der Waals surface area contributed by atoms with Crippen LogP contribution in [0.1, 0.15) is 25.6 Å². The number of ether oxygens (including phenoxy) is 2. The minimum atomic E-state index is -0.383. The Morgan fingerprint density at radius 3 is 2.50 bits per heavy atom. The standard InChI is InChI=1S/C15H20ClNO3/c1-4-18-15(19-5-2)14(17-3)13-9-10-8-11(16)6-7-12(10)20-13/h6-9,14-15,17H,4-5H2,1-3H3. The van der Waals surface area contributed by atoms with E-state index in [-0.39, 0.29) is 12.3 Å². The van der Waals surface area contributed by atoms with Gasteiger partial charge in [-0.05, 0) is 45.2 Å². The fourth-order valence-corrected chi connectivity index (χ4v) is 2.35. The molecule has 4 nitrogen and oxygen atoms in total. The Morgan fingerprint density at radius 2 is 1.90 bits per heavy atom. The third-order valence-electron chi connectivity index (χ3n) is 3.05. The van der Waals surface area contributed by atoms with Gasteiger partial charge in [0.15, 0.2) is 6.29 Å². The van der Waals surface area contributed by atoms with Crippen LogP contribution in [0.15, 0.2) is 28.7 Å². The van der Waals surface area contributed by atoms with E-state index >= 15 is 0 Å². The van der Waals surface area contributed by atoms with Crippen LogP contribution >= 0.6 is 11.6 Å². The Hall–Kier alpha value is -1.07. The van der Waals surface area contributed by atoms with Gasteiger partial charge in [0, 0.05) is 23.6 Å². The molecule has 20 heavy (non-hydrogen) atoms. The first kappa shape index (κ1) is 15.3. The molecule has 0 aliphatic rings. The van der Waals surface area contributed by atoms with Gasteiger partial charge in [-0.3, -0.25) is 0 Å². The van der Waals surface area contributed by atoms with Crippen molar-refractivity contribution in [1.82, 2.24) is 5.32 Å². The third kappa shape index (κ3) is 3.33. The number of nitrogens with one attached hydrogen (secondary N) is 1. The molecular formula is C15H20ClNO3. The maximum absolute atomic E-state index is 6.00. The predicted octanol–water partition coefficient (Wildman–Crippen LogP) is 3.75. The van der Waals surface area contributed by atoms with Crippen LogP contribution in [0.4, 0.5) is 0 Å². The summed E-state index contributed by atoms with van der Waals surface area (Å²) in [4.78, 5) is 0. The van der Waals surface area contributed by atoms with E-state index in [1.54, 1.807) is 0 Å². The minimum absolute atomic E-state index is 0.166. The van der Waals surface area contributed by atoms with Crippen LogP contribution in [-0.2, 0) is 9.47 Å². The predicted molar refractivity (Wildman–Crippen MR) is 80.1 cm³/mol. The molecule has 0 amide bonds. The third-order valence-corrected chi connectivity index (χ3v) is 3.28. The molecule has 0 aliphatic carbocycles. The van der Waals surface area contributed by atoms with Gasteiger partial charge in [0.25, 0.3) is 0 Å². The zero-order valence-electron chi connectivity index (χ0n) is 12.0. The van der Waals surface area contributed by atoms with Crippen molar-refractivity contribution in [2.75, 3.05) is 20.3 Å². The van der Waals surface area contributed by atoms with Crippen molar-refractivity contribution in [3.63, 3.8) is 0 Å². The molecule has 0 fully saturated rings. The zero-order chi connectivity index (χ0) is 14.5.